The van der Waals surface area contributed by atoms with E-state index in [0.717, 1.165) is 59.3 Å². The first-order valence-corrected chi connectivity index (χ1v) is 13.1. The predicted octanol–water partition coefficient (Wildman–Crippen LogP) is 9.13. The third-order valence-corrected chi connectivity index (χ3v) is 6.76. The Morgan fingerprint density at radius 2 is 1.88 bits per heavy atom. The summed E-state index contributed by atoms with van der Waals surface area (Å²) >= 11 is 1.63. The van der Waals surface area contributed by atoms with Crippen molar-refractivity contribution in [2.45, 2.75) is 96.9 Å². The van der Waals surface area contributed by atoms with Gasteiger partial charge in [-0.05, 0) is 61.6 Å². The lowest BCUT2D eigenvalue weighted by atomic mass is 9.90. The number of carboxylic acid groups (broad SMARTS) is 1. The summed E-state index contributed by atoms with van der Waals surface area (Å²) in [6, 6.07) is 3.30. The van der Waals surface area contributed by atoms with Gasteiger partial charge in [0.15, 0.2) is 0 Å². The molecule has 2 aromatic rings. The van der Waals surface area contributed by atoms with E-state index in [0.29, 0.717) is 5.92 Å². The van der Waals surface area contributed by atoms with Crippen LogP contribution in [0.5, 0.6) is 0 Å². The van der Waals surface area contributed by atoms with Crippen LogP contribution in [-0.4, -0.2) is 15.6 Å². The summed E-state index contributed by atoms with van der Waals surface area (Å²) in [5.74, 6) is -0.685. The third kappa shape index (κ3) is 7.81. The van der Waals surface area contributed by atoms with Crippen molar-refractivity contribution in [1.82, 2.24) is 4.57 Å². The lowest BCUT2D eigenvalue weighted by Gasteiger charge is -2.16. The van der Waals surface area contributed by atoms with Crippen LogP contribution in [0.3, 0.4) is 0 Å². The Labute approximate surface area is 210 Å². The van der Waals surface area contributed by atoms with Crippen molar-refractivity contribution in [3.63, 3.8) is 0 Å². The highest BCUT2D eigenvalue weighted by Gasteiger charge is 2.32. The number of fused-ring (bicyclic) bond motifs is 3. The summed E-state index contributed by atoms with van der Waals surface area (Å²) in [6.45, 7) is 16.6. The average molecular weight is 488 g/mol. The number of benzene rings is 1. The van der Waals surface area contributed by atoms with E-state index in [1.54, 1.807) is 23.9 Å². The standard InChI is InChI=1S/C21H26FNO2S.C4H8.C2H6.C2H2/c1-4-9-26-21-19-16(13(5-2)6-3)11-15(22)12-17(19)23-8-7-14(20(21)23)10-18(24)25;1-3-4-2;2*1-2/h4,9,11-14H,5-8,10H2,1-3H3,(H,24,25);3H,1,4H2,2H3;1-2H3;1-2H/b9-4+;;;. The molecule has 188 valence electrons. The second kappa shape index (κ2) is 17.1. The molecule has 0 fully saturated rings. The van der Waals surface area contributed by atoms with Gasteiger partial charge < -0.3 is 9.67 Å². The molecule has 5 heteroatoms. The van der Waals surface area contributed by atoms with Gasteiger partial charge in [-0.2, -0.15) is 0 Å². The van der Waals surface area contributed by atoms with E-state index < -0.39 is 5.97 Å². The SMILES string of the molecule is C#C.C/C=C/Sc1c2n(c3cc(F)cc(C(CC)CC)c13)CCC2CC(=O)O.C=CCC.CC. The van der Waals surface area contributed by atoms with Crippen LogP contribution < -0.4 is 0 Å². The predicted molar refractivity (Wildman–Crippen MR) is 147 cm³/mol. The monoisotopic (exact) mass is 487 g/mol. The Hall–Kier alpha value is -2.45. The van der Waals surface area contributed by atoms with Crippen LogP contribution in [0.4, 0.5) is 4.39 Å². The number of hydrogen-bond acceptors (Lipinski definition) is 2. The lowest BCUT2D eigenvalue weighted by molar-refractivity contribution is -0.137. The number of thioether (sulfide) groups is 1. The number of aryl methyl sites for hydroxylation is 1. The molecule has 2 heterocycles. The molecular weight excluding hydrogens is 445 g/mol. The van der Waals surface area contributed by atoms with Crippen LogP contribution in [-0.2, 0) is 11.3 Å². The van der Waals surface area contributed by atoms with Crippen molar-refractivity contribution >= 4 is 28.6 Å². The van der Waals surface area contributed by atoms with E-state index in [4.69, 9.17) is 0 Å². The lowest BCUT2D eigenvalue weighted by Crippen LogP contribution is -2.04. The highest BCUT2D eigenvalue weighted by atomic mass is 32.2. The van der Waals surface area contributed by atoms with Gasteiger partial charge in [0.2, 0.25) is 0 Å². The second-order valence-electron chi connectivity index (χ2n) is 7.64. The topological polar surface area (TPSA) is 42.2 Å². The Morgan fingerprint density at radius 1 is 1.29 bits per heavy atom. The molecule has 3 rings (SSSR count). The quantitative estimate of drug-likeness (QED) is 0.229. The molecule has 0 bridgehead atoms. The van der Waals surface area contributed by atoms with Crippen LogP contribution in [0.15, 0.2) is 41.2 Å². The first kappa shape index (κ1) is 31.6. The Kier molecular flexibility index (Phi) is 15.8. The zero-order chi connectivity index (χ0) is 26.3. The summed E-state index contributed by atoms with van der Waals surface area (Å²) in [5.41, 5.74) is 3.05. The molecule has 1 unspecified atom stereocenters. The summed E-state index contributed by atoms with van der Waals surface area (Å²) in [5, 5.41) is 12.5. The Balaban J connectivity index is 0.00000121. The molecule has 1 N–H and O–H groups in total. The van der Waals surface area contributed by atoms with Gasteiger partial charge in [0, 0.05) is 28.4 Å². The van der Waals surface area contributed by atoms with Crippen molar-refractivity contribution < 1.29 is 14.3 Å². The van der Waals surface area contributed by atoms with Gasteiger partial charge in [-0.1, -0.05) is 58.5 Å². The number of carbonyl (C=O) groups is 1. The third-order valence-electron chi connectivity index (χ3n) is 5.70. The van der Waals surface area contributed by atoms with E-state index in [9.17, 15) is 14.3 Å². The molecule has 0 radical (unpaired) electrons. The van der Waals surface area contributed by atoms with E-state index in [-0.39, 0.29) is 18.2 Å². The number of hydrogen-bond donors (Lipinski definition) is 1. The number of aromatic nitrogens is 1. The molecular formula is C29H42FNO2S. The zero-order valence-corrected chi connectivity index (χ0v) is 22.6. The van der Waals surface area contributed by atoms with Crippen LogP contribution in [0.2, 0.25) is 0 Å². The minimum atomic E-state index is -0.776. The highest BCUT2D eigenvalue weighted by Crippen LogP contribution is 2.47. The first-order valence-electron chi connectivity index (χ1n) is 12.2. The van der Waals surface area contributed by atoms with Crippen LogP contribution >= 0.6 is 11.8 Å². The average Bonchev–Trinajstić information content (AvgIpc) is 3.39. The smallest absolute Gasteiger partial charge is 0.304 e. The van der Waals surface area contributed by atoms with Gasteiger partial charge in [-0.15, -0.1) is 19.4 Å². The number of aliphatic carboxylic acids is 1. The Bertz CT molecular complexity index is 954. The molecule has 0 saturated carbocycles. The number of halogens is 1. The summed E-state index contributed by atoms with van der Waals surface area (Å²) in [4.78, 5) is 12.5. The number of allylic oxidation sites excluding steroid dienone is 2. The van der Waals surface area contributed by atoms with E-state index in [2.05, 4.69) is 44.8 Å². The number of terminal acetylenes is 1. The van der Waals surface area contributed by atoms with Gasteiger partial charge in [0.25, 0.3) is 0 Å². The van der Waals surface area contributed by atoms with Crippen LogP contribution in [0.1, 0.15) is 96.7 Å². The molecule has 1 aromatic carbocycles. The fourth-order valence-corrected chi connectivity index (χ4v) is 5.25. The molecule has 0 spiro atoms. The molecule has 3 nitrogen and oxygen atoms in total. The van der Waals surface area contributed by atoms with Gasteiger partial charge in [0.05, 0.1) is 11.9 Å². The highest BCUT2D eigenvalue weighted by molar-refractivity contribution is 8.02. The maximum absolute atomic E-state index is 14.4. The molecule has 1 aliphatic heterocycles. The molecule has 0 saturated heterocycles. The summed E-state index contributed by atoms with van der Waals surface area (Å²) in [6.07, 6.45) is 15.8. The summed E-state index contributed by atoms with van der Waals surface area (Å²) in [7, 11) is 0. The zero-order valence-electron chi connectivity index (χ0n) is 21.7. The van der Waals surface area contributed by atoms with Crippen molar-refractivity contribution in [2.75, 3.05) is 0 Å². The molecule has 34 heavy (non-hydrogen) atoms. The van der Waals surface area contributed by atoms with Gasteiger partial charge in [0.1, 0.15) is 5.82 Å². The molecule has 0 amide bonds. The Morgan fingerprint density at radius 3 is 2.35 bits per heavy atom. The number of nitrogens with zero attached hydrogens (tertiary/aromatic N) is 1. The van der Waals surface area contributed by atoms with Crippen molar-refractivity contribution in [3.05, 3.63) is 53.3 Å². The van der Waals surface area contributed by atoms with Gasteiger partial charge in [-0.25, -0.2) is 4.39 Å². The van der Waals surface area contributed by atoms with E-state index in [1.165, 1.54) is 0 Å². The molecule has 1 aromatic heterocycles. The van der Waals surface area contributed by atoms with Crippen molar-refractivity contribution in [3.8, 4) is 12.8 Å². The van der Waals surface area contributed by atoms with E-state index in [1.807, 2.05) is 38.3 Å². The molecule has 1 aliphatic rings. The van der Waals surface area contributed by atoms with Crippen molar-refractivity contribution in [2.24, 2.45) is 0 Å². The fraction of sp³-hybridized carbons (Fsp3) is 0.483. The maximum Gasteiger partial charge on any atom is 0.304 e. The normalized spacial score (nSPS) is 13.9. The molecule has 1 atom stereocenters. The first-order chi connectivity index (χ1) is 16.4. The van der Waals surface area contributed by atoms with Crippen LogP contribution in [0, 0.1) is 18.7 Å². The fourth-order valence-electron chi connectivity index (χ4n) is 4.24. The van der Waals surface area contributed by atoms with Gasteiger partial charge >= 0.3 is 5.97 Å². The van der Waals surface area contributed by atoms with Crippen molar-refractivity contribution in [1.29, 1.82) is 0 Å². The molecule has 0 aliphatic carbocycles. The minimum absolute atomic E-state index is 0.00901. The maximum atomic E-state index is 14.4. The van der Waals surface area contributed by atoms with Crippen LogP contribution in [0.25, 0.3) is 10.9 Å². The minimum Gasteiger partial charge on any atom is -0.481 e. The number of rotatable bonds is 8. The largest absolute Gasteiger partial charge is 0.481 e. The second-order valence-corrected chi connectivity index (χ2v) is 8.55. The van der Waals surface area contributed by atoms with Gasteiger partial charge in [-0.3, -0.25) is 4.79 Å². The number of carboxylic acids is 1. The van der Waals surface area contributed by atoms with E-state index >= 15 is 0 Å². The summed E-state index contributed by atoms with van der Waals surface area (Å²) < 4.78 is 16.6.